The van der Waals surface area contributed by atoms with Gasteiger partial charge in [-0.1, -0.05) is 12.1 Å². The zero-order chi connectivity index (χ0) is 20.0. The molecule has 8 nitrogen and oxygen atoms in total. The number of nitrogens with one attached hydrogen (secondary N) is 1. The van der Waals surface area contributed by atoms with Gasteiger partial charge in [-0.3, -0.25) is 0 Å². The van der Waals surface area contributed by atoms with Crippen LogP contribution in [0.25, 0.3) is 11.0 Å². The number of nitriles is 1. The molecule has 2 aliphatic rings. The molecule has 0 spiro atoms. The predicted octanol–water partition coefficient (Wildman–Crippen LogP) is 2.01. The monoisotopic (exact) mass is 408 g/mol. The summed E-state index contributed by atoms with van der Waals surface area (Å²) in [5, 5.41) is 9.88. The third-order valence-electron chi connectivity index (χ3n) is 5.80. The van der Waals surface area contributed by atoms with Crippen molar-refractivity contribution in [2.75, 3.05) is 18.0 Å². The molecule has 4 heterocycles. The number of fused-ring (bicyclic) bond motifs is 3. The number of rotatable bonds is 4. The summed E-state index contributed by atoms with van der Waals surface area (Å²) in [5.74, 6) is 0.818. The minimum Gasteiger partial charge on any atom is -0.353 e. The molecule has 2 bridgehead atoms. The lowest BCUT2D eigenvalue weighted by Gasteiger charge is -2.40. The van der Waals surface area contributed by atoms with Gasteiger partial charge in [0.2, 0.25) is 10.0 Å². The van der Waals surface area contributed by atoms with E-state index < -0.39 is 10.0 Å². The summed E-state index contributed by atoms with van der Waals surface area (Å²) in [4.78, 5) is 14.0. The lowest BCUT2D eigenvalue weighted by Crippen LogP contribution is -2.56. The molecule has 3 aromatic rings. The minimum atomic E-state index is -3.44. The molecule has 0 aliphatic carbocycles. The van der Waals surface area contributed by atoms with Crippen molar-refractivity contribution in [3.8, 4) is 6.07 Å². The van der Waals surface area contributed by atoms with Crippen LogP contribution in [0.3, 0.4) is 0 Å². The van der Waals surface area contributed by atoms with E-state index in [9.17, 15) is 8.42 Å². The first-order valence-corrected chi connectivity index (χ1v) is 11.2. The summed E-state index contributed by atoms with van der Waals surface area (Å²) < 4.78 is 28.1. The number of nitrogens with zero attached hydrogens (tertiary/aromatic N) is 5. The quantitative estimate of drug-likeness (QED) is 0.708. The number of hydrogen-bond acceptors (Lipinski definition) is 6. The number of sulfonamides is 1. The molecule has 5 rings (SSSR count). The average Bonchev–Trinajstić information content (AvgIpc) is 3.31. The van der Waals surface area contributed by atoms with E-state index in [2.05, 4.69) is 25.9 Å². The Labute approximate surface area is 168 Å². The van der Waals surface area contributed by atoms with Crippen LogP contribution in [0.15, 0.2) is 42.9 Å². The summed E-state index contributed by atoms with van der Waals surface area (Å²) in [7, 11) is -3.44. The van der Waals surface area contributed by atoms with E-state index in [-0.39, 0.29) is 17.8 Å². The molecule has 0 saturated carbocycles. The van der Waals surface area contributed by atoms with Gasteiger partial charge in [-0.2, -0.15) is 9.57 Å². The number of hydrogen-bond donors (Lipinski definition) is 1. The largest absolute Gasteiger partial charge is 0.353 e. The summed E-state index contributed by atoms with van der Waals surface area (Å²) in [6.07, 6.45) is 5.10. The van der Waals surface area contributed by atoms with Crippen LogP contribution in [-0.2, 0) is 15.8 Å². The zero-order valence-electron chi connectivity index (χ0n) is 15.7. The molecular formula is C20H20N6O2S. The number of benzene rings is 1. The van der Waals surface area contributed by atoms with E-state index in [1.165, 1.54) is 0 Å². The molecule has 29 heavy (non-hydrogen) atoms. The summed E-state index contributed by atoms with van der Waals surface area (Å²) >= 11 is 0. The number of H-pyrrole nitrogens is 1. The van der Waals surface area contributed by atoms with Crippen LogP contribution < -0.4 is 4.90 Å². The van der Waals surface area contributed by atoms with Crippen LogP contribution in [0.5, 0.6) is 0 Å². The van der Waals surface area contributed by atoms with Crippen molar-refractivity contribution in [2.24, 2.45) is 0 Å². The van der Waals surface area contributed by atoms with E-state index in [0.29, 0.717) is 24.2 Å². The van der Waals surface area contributed by atoms with Crippen molar-refractivity contribution in [2.45, 2.75) is 30.7 Å². The van der Waals surface area contributed by atoms with E-state index in [1.54, 1.807) is 34.9 Å². The van der Waals surface area contributed by atoms with Crippen molar-refractivity contribution < 1.29 is 8.42 Å². The second-order valence-electron chi connectivity index (χ2n) is 7.62. The normalized spacial score (nSPS) is 22.1. The van der Waals surface area contributed by atoms with Crippen molar-refractivity contribution >= 4 is 26.9 Å². The Morgan fingerprint density at radius 3 is 2.52 bits per heavy atom. The highest BCUT2D eigenvalue weighted by Crippen LogP contribution is 2.36. The molecule has 0 amide bonds. The summed E-state index contributed by atoms with van der Waals surface area (Å²) in [6.45, 7) is 1.25. The Morgan fingerprint density at radius 2 is 1.83 bits per heavy atom. The molecule has 2 aromatic heterocycles. The first kappa shape index (κ1) is 18.1. The van der Waals surface area contributed by atoms with Gasteiger partial charge >= 0.3 is 0 Å². The zero-order valence-corrected chi connectivity index (χ0v) is 16.5. The van der Waals surface area contributed by atoms with Gasteiger partial charge in [0, 0.05) is 31.4 Å². The standard InChI is InChI=1S/C20H20N6O2S/c21-9-14-1-3-15(4-2-14)12-29(27,28)26-16-5-6-17(26)11-25(10-16)20-18-7-8-22-19(18)23-13-24-20/h1-4,7-8,13,16-17H,5-6,10-12H2,(H,22,23,24). The molecule has 2 unspecified atom stereocenters. The van der Waals surface area contributed by atoms with Gasteiger partial charge in [0.1, 0.15) is 17.8 Å². The number of aromatic nitrogens is 3. The Kier molecular flexibility index (Phi) is 4.26. The van der Waals surface area contributed by atoms with Gasteiger partial charge in [0.05, 0.1) is 22.8 Å². The number of anilines is 1. The predicted molar refractivity (Wildman–Crippen MR) is 109 cm³/mol. The van der Waals surface area contributed by atoms with Crippen molar-refractivity contribution in [3.63, 3.8) is 0 Å². The molecule has 2 atom stereocenters. The highest BCUT2D eigenvalue weighted by atomic mass is 32.2. The average molecular weight is 408 g/mol. The second kappa shape index (κ2) is 6.83. The highest BCUT2D eigenvalue weighted by molar-refractivity contribution is 7.88. The van der Waals surface area contributed by atoms with Crippen LogP contribution in [0.4, 0.5) is 5.82 Å². The van der Waals surface area contributed by atoms with Crippen molar-refractivity contribution in [3.05, 3.63) is 54.0 Å². The van der Waals surface area contributed by atoms with Gasteiger partial charge < -0.3 is 9.88 Å². The van der Waals surface area contributed by atoms with Gasteiger partial charge in [-0.15, -0.1) is 0 Å². The summed E-state index contributed by atoms with van der Waals surface area (Å²) in [6, 6.07) is 10.7. The van der Waals surface area contributed by atoms with Crippen LogP contribution in [0.1, 0.15) is 24.0 Å². The third-order valence-corrected chi connectivity index (χ3v) is 7.74. The first-order valence-electron chi connectivity index (χ1n) is 9.58. The molecule has 0 radical (unpaired) electrons. The van der Waals surface area contributed by atoms with E-state index in [1.807, 2.05) is 12.3 Å². The summed E-state index contributed by atoms with van der Waals surface area (Å²) in [5.41, 5.74) is 2.02. The lowest BCUT2D eigenvalue weighted by molar-refractivity contribution is 0.285. The molecule has 2 aliphatic heterocycles. The Morgan fingerprint density at radius 1 is 1.10 bits per heavy atom. The van der Waals surface area contributed by atoms with Crippen molar-refractivity contribution in [1.82, 2.24) is 19.3 Å². The Hall–Kier alpha value is -2.96. The highest BCUT2D eigenvalue weighted by Gasteiger charge is 2.46. The van der Waals surface area contributed by atoms with Crippen LogP contribution in [0.2, 0.25) is 0 Å². The lowest BCUT2D eigenvalue weighted by atomic mass is 10.2. The maximum atomic E-state index is 13.2. The van der Waals surface area contributed by atoms with Gasteiger partial charge in [-0.25, -0.2) is 18.4 Å². The van der Waals surface area contributed by atoms with Crippen LogP contribution >= 0.6 is 0 Å². The fraction of sp³-hybridized carbons (Fsp3) is 0.350. The van der Waals surface area contributed by atoms with Crippen LogP contribution in [0, 0.1) is 11.3 Å². The SMILES string of the molecule is N#Cc1ccc(CS(=O)(=O)N2C3CCC2CN(c2ncnc4[nH]ccc24)C3)cc1. The second-order valence-corrected chi connectivity index (χ2v) is 9.50. The molecule has 1 aromatic carbocycles. The van der Waals surface area contributed by atoms with Crippen LogP contribution in [-0.4, -0.2) is 52.8 Å². The maximum Gasteiger partial charge on any atom is 0.218 e. The third kappa shape index (κ3) is 3.14. The Balaban J connectivity index is 1.38. The molecule has 2 saturated heterocycles. The van der Waals surface area contributed by atoms with E-state index >= 15 is 0 Å². The van der Waals surface area contributed by atoms with E-state index in [0.717, 1.165) is 29.7 Å². The molecule has 2 fully saturated rings. The number of piperazine rings is 1. The minimum absolute atomic E-state index is 0.0404. The molecule has 1 N–H and O–H groups in total. The Bertz CT molecular complexity index is 1180. The smallest absolute Gasteiger partial charge is 0.218 e. The van der Waals surface area contributed by atoms with Crippen molar-refractivity contribution in [1.29, 1.82) is 5.26 Å². The first-order chi connectivity index (χ1) is 14.0. The fourth-order valence-electron chi connectivity index (χ4n) is 4.56. The molecular weight excluding hydrogens is 388 g/mol. The maximum absolute atomic E-state index is 13.2. The molecule has 9 heteroatoms. The van der Waals surface area contributed by atoms with Gasteiger partial charge in [0.15, 0.2) is 0 Å². The fourth-order valence-corrected chi connectivity index (χ4v) is 6.58. The van der Waals surface area contributed by atoms with Gasteiger partial charge in [0.25, 0.3) is 0 Å². The number of aromatic amines is 1. The molecule has 148 valence electrons. The topological polar surface area (TPSA) is 106 Å². The van der Waals surface area contributed by atoms with E-state index in [4.69, 9.17) is 5.26 Å². The van der Waals surface area contributed by atoms with Gasteiger partial charge in [-0.05, 0) is 36.6 Å².